The van der Waals surface area contributed by atoms with Crippen molar-refractivity contribution in [3.05, 3.63) is 41.7 Å². The summed E-state index contributed by atoms with van der Waals surface area (Å²) in [5.74, 6) is 0.625. The molecule has 0 bridgehead atoms. The maximum absolute atomic E-state index is 13.5. The summed E-state index contributed by atoms with van der Waals surface area (Å²) in [4.78, 5) is 32.5. The topological polar surface area (TPSA) is 64.4 Å². The number of hydrogen-bond donors (Lipinski definition) is 0. The van der Waals surface area contributed by atoms with E-state index in [2.05, 4.69) is 37.6 Å². The van der Waals surface area contributed by atoms with Crippen molar-refractivity contribution in [2.24, 2.45) is 17.8 Å². The van der Waals surface area contributed by atoms with Gasteiger partial charge in [-0.05, 0) is 63.8 Å². The fourth-order valence-corrected chi connectivity index (χ4v) is 4.71. The monoisotopic (exact) mass is 425 g/mol. The summed E-state index contributed by atoms with van der Waals surface area (Å²) in [6.07, 6.45) is 3.32. The van der Waals surface area contributed by atoms with E-state index in [4.69, 9.17) is 4.74 Å². The summed E-state index contributed by atoms with van der Waals surface area (Å²) >= 11 is 0. The summed E-state index contributed by atoms with van der Waals surface area (Å²) in [5, 5.41) is 0. The highest BCUT2D eigenvalue weighted by atomic mass is 16.5. The first-order valence-electron chi connectivity index (χ1n) is 11.2. The van der Waals surface area contributed by atoms with Crippen LogP contribution in [0.25, 0.3) is 11.0 Å². The van der Waals surface area contributed by atoms with Gasteiger partial charge in [0.25, 0.3) is 0 Å². The lowest BCUT2D eigenvalue weighted by Gasteiger charge is -2.36. The van der Waals surface area contributed by atoms with E-state index in [1.807, 2.05) is 35.9 Å². The molecule has 1 aliphatic rings. The third kappa shape index (κ3) is 5.24. The van der Waals surface area contributed by atoms with Gasteiger partial charge in [-0.2, -0.15) is 0 Å². The van der Waals surface area contributed by atoms with Crippen molar-refractivity contribution in [2.45, 2.75) is 46.6 Å². The second kappa shape index (κ2) is 9.77. The number of para-hydroxylation sites is 2. The molecule has 1 aromatic heterocycles. The highest BCUT2D eigenvalue weighted by molar-refractivity contribution is 6.04. The molecule has 1 aromatic carbocycles. The van der Waals surface area contributed by atoms with Crippen LogP contribution in [0.5, 0.6) is 0 Å². The molecule has 6 heteroatoms. The molecule has 6 nitrogen and oxygen atoms in total. The number of ketones is 1. The van der Waals surface area contributed by atoms with Crippen LogP contribution in [0.4, 0.5) is 0 Å². The number of hydrogen-bond acceptors (Lipinski definition) is 5. The maximum Gasteiger partial charge on any atom is 0.309 e. The van der Waals surface area contributed by atoms with Crippen LogP contribution in [0.3, 0.4) is 0 Å². The average molecular weight is 426 g/mol. The molecule has 3 rings (SSSR count). The summed E-state index contributed by atoms with van der Waals surface area (Å²) < 4.78 is 7.03. The molecule has 0 saturated carbocycles. The number of imidazole rings is 1. The zero-order valence-electron chi connectivity index (χ0n) is 19.6. The predicted octanol–water partition coefficient (Wildman–Crippen LogP) is 4.51. The Balaban J connectivity index is 1.98. The Labute approximate surface area is 185 Å². The lowest BCUT2D eigenvalue weighted by Crippen LogP contribution is -2.42. The zero-order valence-corrected chi connectivity index (χ0v) is 19.6. The molecule has 1 unspecified atom stereocenters. The van der Waals surface area contributed by atoms with Crippen LogP contribution >= 0.6 is 0 Å². The van der Waals surface area contributed by atoms with Crippen LogP contribution < -0.4 is 0 Å². The largest absolute Gasteiger partial charge is 0.469 e. The second-order valence-electron chi connectivity index (χ2n) is 9.44. The van der Waals surface area contributed by atoms with E-state index in [1.54, 1.807) is 6.08 Å². The van der Waals surface area contributed by atoms with Gasteiger partial charge in [-0.25, -0.2) is 4.98 Å². The standard InChI is InChI=1S/C25H35N3O3/c1-16(2)11-18(19-12-20(25(30)31-6)15-27(5)14-19)13-23(29)24-26-21-9-7-8-10-22(21)28(24)17(3)4/h7-10,13,16-17,19-20H,11-12,14-15H2,1-6H3/b18-13-/t19?,20-/m1/s1. The summed E-state index contributed by atoms with van der Waals surface area (Å²) in [6.45, 7) is 9.98. The van der Waals surface area contributed by atoms with Crippen molar-refractivity contribution in [1.29, 1.82) is 0 Å². The minimum absolute atomic E-state index is 0.0663. The molecule has 1 fully saturated rings. The number of allylic oxidation sites excluding steroid dienone is 1. The number of benzene rings is 1. The molecule has 0 radical (unpaired) electrons. The van der Waals surface area contributed by atoms with Crippen LogP contribution in [0.15, 0.2) is 35.9 Å². The van der Waals surface area contributed by atoms with Gasteiger partial charge in [0.15, 0.2) is 5.82 Å². The number of carbonyl (C=O) groups excluding carboxylic acids is 2. The van der Waals surface area contributed by atoms with Gasteiger partial charge >= 0.3 is 5.97 Å². The van der Waals surface area contributed by atoms with Gasteiger partial charge in [-0.15, -0.1) is 0 Å². The van der Waals surface area contributed by atoms with Crippen molar-refractivity contribution >= 4 is 22.8 Å². The van der Waals surface area contributed by atoms with Crippen molar-refractivity contribution in [3.63, 3.8) is 0 Å². The van der Waals surface area contributed by atoms with Gasteiger partial charge in [0.2, 0.25) is 5.78 Å². The van der Waals surface area contributed by atoms with Gasteiger partial charge in [0.05, 0.1) is 24.1 Å². The van der Waals surface area contributed by atoms with Crippen LogP contribution in [0, 0.1) is 17.8 Å². The van der Waals surface area contributed by atoms with E-state index in [-0.39, 0.29) is 29.6 Å². The lowest BCUT2D eigenvalue weighted by molar-refractivity contribution is -0.147. The molecule has 2 heterocycles. The first kappa shape index (κ1) is 23.2. The molecule has 31 heavy (non-hydrogen) atoms. The summed E-state index contributed by atoms with van der Waals surface area (Å²) in [7, 11) is 3.46. The van der Waals surface area contributed by atoms with Gasteiger partial charge < -0.3 is 14.2 Å². The molecule has 2 atom stereocenters. The minimum Gasteiger partial charge on any atom is -0.469 e. The van der Waals surface area contributed by atoms with Gasteiger partial charge in [-0.3, -0.25) is 9.59 Å². The normalized spacial score (nSPS) is 20.6. The number of rotatable bonds is 7. The van der Waals surface area contributed by atoms with Crippen LogP contribution in [0.1, 0.15) is 57.2 Å². The van der Waals surface area contributed by atoms with Crippen molar-refractivity contribution in [2.75, 3.05) is 27.2 Å². The molecule has 1 aliphatic heterocycles. The third-order valence-electron chi connectivity index (χ3n) is 5.99. The number of piperidine rings is 1. The fraction of sp³-hybridized carbons (Fsp3) is 0.560. The minimum atomic E-state index is -0.173. The van der Waals surface area contributed by atoms with Crippen LogP contribution in [-0.2, 0) is 9.53 Å². The summed E-state index contributed by atoms with van der Waals surface area (Å²) in [5.41, 5.74) is 2.91. The van der Waals surface area contributed by atoms with Crippen molar-refractivity contribution in [3.8, 4) is 0 Å². The van der Waals surface area contributed by atoms with E-state index < -0.39 is 0 Å². The number of methoxy groups -OCH3 is 1. The molecule has 0 amide bonds. The maximum atomic E-state index is 13.5. The van der Waals surface area contributed by atoms with E-state index in [0.29, 0.717) is 24.7 Å². The third-order valence-corrected chi connectivity index (χ3v) is 5.99. The molecular formula is C25H35N3O3. The highest BCUT2D eigenvalue weighted by Gasteiger charge is 2.33. The Morgan fingerprint density at radius 1 is 1.16 bits per heavy atom. The van der Waals surface area contributed by atoms with E-state index >= 15 is 0 Å². The SMILES string of the molecule is COC(=O)[C@@H]1CC(/C(=C\C(=O)c2nc3ccccc3n2C(C)C)CC(C)C)CN(C)C1. The van der Waals surface area contributed by atoms with E-state index in [9.17, 15) is 9.59 Å². The number of aromatic nitrogens is 2. The molecule has 0 spiro atoms. The lowest BCUT2D eigenvalue weighted by atomic mass is 9.81. The Morgan fingerprint density at radius 2 is 1.84 bits per heavy atom. The van der Waals surface area contributed by atoms with E-state index in [0.717, 1.165) is 29.6 Å². The van der Waals surface area contributed by atoms with Crippen molar-refractivity contribution < 1.29 is 14.3 Å². The number of likely N-dealkylation sites (tertiary alicyclic amines) is 1. The number of fused-ring (bicyclic) bond motifs is 1. The molecule has 2 aromatic rings. The number of nitrogens with zero attached hydrogens (tertiary/aromatic N) is 3. The number of carbonyl (C=O) groups is 2. The van der Waals surface area contributed by atoms with Gasteiger partial charge in [0, 0.05) is 19.1 Å². The zero-order chi connectivity index (χ0) is 22.7. The fourth-order valence-electron chi connectivity index (χ4n) is 4.71. The summed E-state index contributed by atoms with van der Waals surface area (Å²) in [6, 6.07) is 7.99. The quantitative estimate of drug-likeness (QED) is 0.371. The Kier molecular flexibility index (Phi) is 7.31. The second-order valence-corrected chi connectivity index (χ2v) is 9.44. The first-order chi connectivity index (χ1) is 14.7. The number of ether oxygens (including phenoxy) is 1. The van der Waals surface area contributed by atoms with Gasteiger partial charge in [0.1, 0.15) is 0 Å². The van der Waals surface area contributed by atoms with Gasteiger partial charge in [-0.1, -0.05) is 31.6 Å². The number of esters is 1. The molecule has 0 aliphatic carbocycles. The average Bonchev–Trinajstić information content (AvgIpc) is 3.12. The molecular weight excluding hydrogens is 390 g/mol. The first-order valence-corrected chi connectivity index (χ1v) is 11.2. The smallest absolute Gasteiger partial charge is 0.309 e. The highest BCUT2D eigenvalue weighted by Crippen LogP contribution is 2.32. The van der Waals surface area contributed by atoms with E-state index in [1.165, 1.54) is 7.11 Å². The van der Waals surface area contributed by atoms with Crippen molar-refractivity contribution in [1.82, 2.24) is 14.5 Å². The molecule has 1 saturated heterocycles. The predicted molar refractivity (Wildman–Crippen MR) is 123 cm³/mol. The Bertz CT molecular complexity index is 974. The van der Waals surface area contributed by atoms with Crippen LogP contribution in [0.2, 0.25) is 0 Å². The van der Waals surface area contributed by atoms with Crippen LogP contribution in [-0.4, -0.2) is 53.5 Å². The Morgan fingerprint density at radius 3 is 2.48 bits per heavy atom. The molecule has 0 N–H and O–H groups in total. The Hall–Kier alpha value is -2.47. The molecule has 168 valence electrons.